The Labute approximate surface area is 184 Å². The number of rotatable bonds is 6. The van der Waals surface area contributed by atoms with Gasteiger partial charge in [0.2, 0.25) is 5.91 Å². The van der Waals surface area contributed by atoms with Gasteiger partial charge in [-0.1, -0.05) is 12.1 Å². The number of alkyl halides is 3. The monoisotopic (exact) mass is 460 g/mol. The zero-order valence-corrected chi connectivity index (χ0v) is 17.6. The summed E-state index contributed by atoms with van der Waals surface area (Å²) >= 11 is 0. The quantitative estimate of drug-likeness (QED) is 0.461. The first-order valence-corrected chi connectivity index (χ1v) is 9.77. The molecule has 0 aliphatic heterocycles. The lowest BCUT2D eigenvalue weighted by Gasteiger charge is -2.09. The highest BCUT2D eigenvalue weighted by atomic mass is 19.4. The lowest BCUT2D eigenvalue weighted by atomic mass is 10.1. The Bertz CT molecular complexity index is 1390. The lowest BCUT2D eigenvalue weighted by molar-refractivity contribution is -0.137. The molecule has 0 radical (unpaired) electrons. The van der Waals surface area contributed by atoms with Crippen LogP contribution in [0.25, 0.3) is 21.9 Å². The summed E-state index contributed by atoms with van der Waals surface area (Å²) in [4.78, 5) is 32.5. The van der Waals surface area contributed by atoms with Crippen molar-refractivity contribution < 1.29 is 27.4 Å². The highest BCUT2D eigenvalue weighted by Gasteiger charge is 2.29. The van der Waals surface area contributed by atoms with Crippen LogP contribution in [0.2, 0.25) is 0 Å². The molecule has 4 aromatic rings. The summed E-state index contributed by atoms with van der Waals surface area (Å²) in [6, 6.07) is 7.87. The van der Waals surface area contributed by atoms with Gasteiger partial charge >= 0.3 is 6.18 Å². The summed E-state index contributed by atoms with van der Waals surface area (Å²) in [6.07, 6.45) is -3.15. The molecule has 172 valence electrons. The first kappa shape index (κ1) is 22.2. The number of halogens is 3. The van der Waals surface area contributed by atoms with Gasteiger partial charge in [-0.3, -0.25) is 14.2 Å². The number of H-pyrrole nitrogens is 1. The van der Waals surface area contributed by atoms with Crippen molar-refractivity contribution in [3.05, 3.63) is 64.2 Å². The maximum absolute atomic E-state index is 12.9. The maximum atomic E-state index is 12.9. The van der Waals surface area contributed by atoms with Gasteiger partial charge in [-0.2, -0.15) is 13.2 Å². The molecule has 2 heterocycles. The number of amides is 1. The van der Waals surface area contributed by atoms with Gasteiger partial charge in [-0.05, 0) is 23.8 Å². The van der Waals surface area contributed by atoms with Gasteiger partial charge < -0.3 is 19.8 Å². The highest BCUT2D eigenvalue weighted by molar-refractivity contribution is 6.05. The molecule has 0 atom stereocenters. The largest absolute Gasteiger partial charge is 0.493 e. The third-order valence-corrected chi connectivity index (χ3v) is 5.16. The van der Waals surface area contributed by atoms with Crippen molar-refractivity contribution in [3.63, 3.8) is 0 Å². The Hall–Kier alpha value is -4.02. The van der Waals surface area contributed by atoms with Crippen LogP contribution in [0.15, 0.2) is 47.5 Å². The molecule has 33 heavy (non-hydrogen) atoms. The van der Waals surface area contributed by atoms with E-state index in [0.29, 0.717) is 33.5 Å². The van der Waals surface area contributed by atoms with Gasteiger partial charge in [0.25, 0.3) is 5.56 Å². The van der Waals surface area contributed by atoms with E-state index in [9.17, 15) is 22.8 Å². The zero-order valence-electron chi connectivity index (χ0n) is 17.6. The minimum absolute atomic E-state index is 0.0212. The number of nitrogens with zero attached hydrogens (tertiary/aromatic N) is 2. The van der Waals surface area contributed by atoms with Gasteiger partial charge in [-0.25, -0.2) is 4.98 Å². The van der Waals surface area contributed by atoms with E-state index in [1.807, 2.05) is 0 Å². The van der Waals surface area contributed by atoms with E-state index in [2.05, 4.69) is 15.3 Å². The van der Waals surface area contributed by atoms with Crippen molar-refractivity contribution in [3.8, 4) is 11.5 Å². The molecule has 2 aromatic heterocycles. The fourth-order valence-electron chi connectivity index (χ4n) is 3.45. The fourth-order valence-corrected chi connectivity index (χ4v) is 3.45. The van der Waals surface area contributed by atoms with Crippen LogP contribution in [-0.2, 0) is 24.1 Å². The van der Waals surface area contributed by atoms with Crippen molar-refractivity contribution in [2.45, 2.75) is 19.3 Å². The van der Waals surface area contributed by atoms with E-state index < -0.39 is 23.2 Å². The molecule has 8 nitrogen and oxygen atoms in total. The summed E-state index contributed by atoms with van der Waals surface area (Å²) in [5.41, 5.74) is 0.555. The summed E-state index contributed by atoms with van der Waals surface area (Å²) in [5.74, 6) is 0.483. The third kappa shape index (κ3) is 4.34. The second-order valence-electron chi connectivity index (χ2n) is 7.25. The standard InChI is InChI=1S/C22H19F3N4O4/c1-32-16-7-14-15(8-17(16)33-2)28-20-19(14)27-11-29(21(20)31)10-18(30)26-9-12-3-5-13(6-4-12)22(23,24)25/h3-8,11,28H,9-10H2,1-2H3,(H,26,30). The average molecular weight is 460 g/mol. The van der Waals surface area contributed by atoms with Gasteiger partial charge in [0, 0.05) is 18.0 Å². The van der Waals surface area contributed by atoms with Gasteiger partial charge in [0.15, 0.2) is 11.5 Å². The van der Waals surface area contributed by atoms with E-state index in [0.717, 1.165) is 16.7 Å². The smallest absolute Gasteiger partial charge is 0.416 e. The molecule has 2 aromatic carbocycles. The first-order chi connectivity index (χ1) is 15.7. The number of methoxy groups -OCH3 is 2. The lowest BCUT2D eigenvalue weighted by Crippen LogP contribution is -2.32. The van der Waals surface area contributed by atoms with E-state index in [1.165, 1.54) is 32.7 Å². The molecular formula is C22H19F3N4O4. The Balaban J connectivity index is 1.52. The molecule has 4 rings (SSSR count). The number of carbonyl (C=O) groups excluding carboxylic acids is 1. The molecule has 0 fully saturated rings. The van der Waals surface area contributed by atoms with Crippen LogP contribution in [-0.4, -0.2) is 34.7 Å². The third-order valence-electron chi connectivity index (χ3n) is 5.16. The molecule has 0 saturated heterocycles. The average Bonchev–Trinajstić information content (AvgIpc) is 3.16. The predicted molar refractivity (Wildman–Crippen MR) is 114 cm³/mol. The van der Waals surface area contributed by atoms with Crippen LogP contribution in [0.1, 0.15) is 11.1 Å². The number of fused-ring (bicyclic) bond motifs is 3. The summed E-state index contributed by atoms with van der Waals surface area (Å²) in [5, 5.41) is 3.25. The molecular weight excluding hydrogens is 441 g/mol. The number of benzene rings is 2. The Kier molecular flexibility index (Phi) is 5.71. The first-order valence-electron chi connectivity index (χ1n) is 9.77. The van der Waals surface area contributed by atoms with Crippen LogP contribution in [0.3, 0.4) is 0 Å². The van der Waals surface area contributed by atoms with E-state index in [1.54, 1.807) is 12.1 Å². The van der Waals surface area contributed by atoms with Crippen LogP contribution in [0.5, 0.6) is 11.5 Å². The molecule has 0 bridgehead atoms. The Morgan fingerprint density at radius 1 is 1.12 bits per heavy atom. The summed E-state index contributed by atoms with van der Waals surface area (Å²) in [6.45, 7) is -0.280. The number of nitrogens with one attached hydrogen (secondary N) is 2. The molecule has 0 unspecified atom stereocenters. The molecule has 0 aliphatic rings. The number of hydrogen-bond donors (Lipinski definition) is 2. The van der Waals surface area contributed by atoms with Crippen LogP contribution >= 0.6 is 0 Å². The number of hydrogen-bond acceptors (Lipinski definition) is 5. The van der Waals surface area contributed by atoms with Crippen molar-refractivity contribution in [2.75, 3.05) is 14.2 Å². The van der Waals surface area contributed by atoms with Crippen LogP contribution in [0.4, 0.5) is 13.2 Å². The van der Waals surface area contributed by atoms with E-state index in [4.69, 9.17) is 9.47 Å². The molecule has 1 amide bonds. The van der Waals surface area contributed by atoms with Crippen molar-refractivity contribution >= 4 is 27.8 Å². The molecule has 2 N–H and O–H groups in total. The maximum Gasteiger partial charge on any atom is 0.416 e. The zero-order chi connectivity index (χ0) is 23.8. The minimum Gasteiger partial charge on any atom is -0.493 e. The second kappa shape index (κ2) is 8.49. The Morgan fingerprint density at radius 2 is 1.79 bits per heavy atom. The van der Waals surface area contributed by atoms with Gasteiger partial charge in [0.1, 0.15) is 17.6 Å². The highest BCUT2D eigenvalue weighted by Crippen LogP contribution is 2.34. The number of carbonyl (C=O) groups is 1. The summed E-state index contributed by atoms with van der Waals surface area (Å²) in [7, 11) is 3.00. The normalized spacial score (nSPS) is 11.7. The van der Waals surface area contributed by atoms with Crippen LogP contribution < -0.4 is 20.3 Å². The second-order valence-corrected chi connectivity index (χ2v) is 7.25. The van der Waals surface area contributed by atoms with E-state index in [-0.39, 0.29) is 18.6 Å². The number of ether oxygens (including phenoxy) is 2. The predicted octanol–water partition coefficient (Wildman–Crippen LogP) is 3.23. The van der Waals surface area contributed by atoms with E-state index >= 15 is 0 Å². The number of aromatic nitrogens is 3. The molecule has 11 heteroatoms. The van der Waals surface area contributed by atoms with Crippen molar-refractivity contribution in [1.29, 1.82) is 0 Å². The van der Waals surface area contributed by atoms with Gasteiger partial charge in [0.05, 0.1) is 31.6 Å². The van der Waals surface area contributed by atoms with Gasteiger partial charge in [-0.15, -0.1) is 0 Å². The molecule has 0 spiro atoms. The minimum atomic E-state index is -4.42. The Morgan fingerprint density at radius 3 is 2.42 bits per heavy atom. The SMILES string of the molecule is COc1cc2[nH]c3c(=O)n(CC(=O)NCc4ccc(C(F)(F)F)cc4)cnc3c2cc1OC. The molecule has 0 saturated carbocycles. The molecule has 0 aliphatic carbocycles. The van der Waals surface area contributed by atoms with Crippen LogP contribution in [0, 0.1) is 0 Å². The number of aromatic amines is 1. The van der Waals surface area contributed by atoms with Crippen molar-refractivity contribution in [1.82, 2.24) is 19.9 Å². The topological polar surface area (TPSA) is 98.2 Å². The van der Waals surface area contributed by atoms with Crippen molar-refractivity contribution in [2.24, 2.45) is 0 Å². The fraction of sp³-hybridized carbons (Fsp3) is 0.227. The summed E-state index contributed by atoms with van der Waals surface area (Å²) < 4.78 is 49.7.